The number of hydrogen-bond acceptors (Lipinski definition) is 6. The molecule has 1 amide bonds. The molecule has 2 rings (SSSR count). The lowest BCUT2D eigenvalue weighted by Gasteiger charge is -2.19. The maximum atomic E-state index is 11.7. The van der Waals surface area contributed by atoms with E-state index in [0.29, 0.717) is 17.0 Å². The van der Waals surface area contributed by atoms with Crippen molar-refractivity contribution in [3.8, 4) is 5.75 Å². The standard InChI is InChI=1S/C18H22N2O5/c1-24-16-8-7-13(9-14(16)19)17(22)15(21)10-20-18(23)25-11-12-5-3-2-4-6-12/h2-9,15,17,21-22H,10-11,19H2,1H3,(H,20,23). The number of aliphatic hydroxyl groups excluding tert-OH is 2. The minimum Gasteiger partial charge on any atom is -0.495 e. The van der Waals surface area contributed by atoms with E-state index in [4.69, 9.17) is 15.2 Å². The van der Waals surface area contributed by atoms with Gasteiger partial charge in [-0.1, -0.05) is 36.4 Å². The Morgan fingerprint density at radius 2 is 1.92 bits per heavy atom. The molecule has 0 saturated carbocycles. The summed E-state index contributed by atoms with van der Waals surface area (Å²) in [6.45, 7) is -0.0406. The van der Waals surface area contributed by atoms with E-state index in [1.54, 1.807) is 12.1 Å². The summed E-state index contributed by atoms with van der Waals surface area (Å²) in [5.74, 6) is 0.480. The second kappa shape index (κ2) is 8.91. The fraction of sp³-hybridized carbons (Fsp3) is 0.278. The van der Waals surface area contributed by atoms with Gasteiger partial charge in [-0.25, -0.2) is 4.79 Å². The van der Waals surface area contributed by atoms with Gasteiger partial charge >= 0.3 is 6.09 Å². The van der Waals surface area contributed by atoms with E-state index in [-0.39, 0.29) is 13.2 Å². The highest BCUT2D eigenvalue weighted by molar-refractivity contribution is 5.67. The van der Waals surface area contributed by atoms with Crippen molar-refractivity contribution in [1.29, 1.82) is 0 Å². The zero-order valence-electron chi connectivity index (χ0n) is 13.9. The molecule has 2 aromatic carbocycles. The van der Waals surface area contributed by atoms with Gasteiger partial charge in [-0.15, -0.1) is 0 Å². The number of nitrogens with one attached hydrogen (secondary N) is 1. The third-order valence-corrected chi connectivity index (χ3v) is 3.63. The third-order valence-electron chi connectivity index (χ3n) is 3.63. The summed E-state index contributed by atoms with van der Waals surface area (Å²) in [5.41, 5.74) is 7.40. The lowest BCUT2D eigenvalue weighted by Crippen LogP contribution is -2.35. The molecular formula is C18H22N2O5. The predicted octanol–water partition coefficient (Wildman–Crippen LogP) is 1.60. The van der Waals surface area contributed by atoms with Gasteiger partial charge in [0.2, 0.25) is 0 Å². The van der Waals surface area contributed by atoms with Gasteiger partial charge in [-0.2, -0.15) is 0 Å². The first-order valence-corrected chi connectivity index (χ1v) is 7.75. The second-order valence-corrected chi connectivity index (χ2v) is 5.46. The van der Waals surface area contributed by atoms with Gasteiger partial charge < -0.3 is 30.7 Å². The number of alkyl carbamates (subject to hydrolysis) is 1. The number of nitrogen functional groups attached to an aromatic ring is 1. The number of hydrogen-bond donors (Lipinski definition) is 4. The Hall–Kier alpha value is -2.77. The second-order valence-electron chi connectivity index (χ2n) is 5.46. The molecule has 134 valence electrons. The smallest absolute Gasteiger partial charge is 0.407 e. The summed E-state index contributed by atoms with van der Waals surface area (Å²) in [5, 5.41) is 22.6. The molecule has 5 N–H and O–H groups in total. The molecular weight excluding hydrogens is 324 g/mol. The molecule has 0 aliphatic rings. The Morgan fingerprint density at radius 1 is 1.20 bits per heavy atom. The van der Waals surface area contributed by atoms with E-state index in [1.807, 2.05) is 30.3 Å². The molecule has 2 aromatic rings. The zero-order valence-corrected chi connectivity index (χ0v) is 13.9. The Kier molecular flexibility index (Phi) is 6.62. The maximum absolute atomic E-state index is 11.7. The molecule has 25 heavy (non-hydrogen) atoms. The van der Waals surface area contributed by atoms with Gasteiger partial charge in [0.1, 0.15) is 24.6 Å². The third kappa shape index (κ3) is 5.37. The average molecular weight is 346 g/mol. The number of ether oxygens (including phenoxy) is 2. The topological polar surface area (TPSA) is 114 Å². The van der Waals surface area contributed by atoms with E-state index in [2.05, 4.69) is 5.32 Å². The first kappa shape index (κ1) is 18.6. The average Bonchev–Trinajstić information content (AvgIpc) is 2.64. The monoisotopic (exact) mass is 346 g/mol. The number of nitrogens with two attached hydrogens (primary N) is 1. The summed E-state index contributed by atoms with van der Waals surface area (Å²) in [6, 6.07) is 13.9. The number of carbonyl (C=O) groups excluding carboxylic acids is 1. The van der Waals surface area contributed by atoms with Crippen LogP contribution in [0.3, 0.4) is 0 Å². The first-order valence-electron chi connectivity index (χ1n) is 7.75. The highest BCUT2D eigenvalue weighted by Crippen LogP contribution is 2.26. The minimum absolute atomic E-state index is 0.125. The predicted molar refractivity (Wildman–Crippen MR) is 93.0 cm³/mol. The van der Waals surface area contributed by atoms with Gasteiger partial charge in [0.25, 0.3) is 0 Å². The van der Waals surface area contributed by atoms with E-state index in [0.717, 1.165) is 5.56 Å². The number of anilines is 1. The largest absolute Gasteiger partial charge is 0.495 e. The van der Waals surface area contributed by atoms with Crippen molar-refractivity contribution in [2.75, 3.05) is 19.4 Å². The van der Waals surface area contributed by atoms with Crippen molar-refractivity contribution in [3.05, 3.63) is 59.7 Å². The zero-order chi connectivity index (χ0) is 18.2. The molecule has 0 bridgehead atoms. The maximum Gasteiger partial charge on any atom is 0.407 e. The van der Waals surface area contributed by atoms with E-state index in [1.165, 1.54) is 13.2 Å². The van der Waals surface area contributed by atoms with Crippen LogP contribution in [0, 0.1) is 0 Å². The number of methoxy groups -OCH3 is 1. The van der Waals surface area contributed by atoms with Crippen LogP contribution in [0.1, 0.15) is 17.2 Å². The van der Waals surface area contributed by atoms with E-state index < -0.39 is 18.3 Å². The number of rotatable bonds is 7. The Labute approximate surface area is 146 Å². The number of aliphatic hydroxyl groups is 2. The molecule has 0 spiro atoms. The van der Waals surface area contributed by atoms with Crippen LogP contribution in [0.4, 0.5) is 10.5 Å². The van der Waals surface area contributed by atoms with Gasteiger partial charge in [0, 0.05) is 6.54 Å². The summed E-state index contributed by atoms with van der Waals surface area (Å²) in [6.07, 6.45) is -3.09. The molecule has 7 nitrogen and oxygen atoms in total. The quantitative estimate of drug-likeness (QED) is 0.566. The lowest BCUT2D eigenvalue weighted by atomic mass is 10.0. The van der Waals surface area contributed by atoms with Crippen LogP contribution in [0.2, 0.25) is 0 Å². The summed E-state index contributed by atoms with van der Waals surface area (Å²) < 4.78 is 10.1. The fourth-order valence-electron chi connectivity index (χ4n) is 2.23. The summed E-state index contributed by atoms with van der Waals surface area (Å²) in [4.78, 5) is 11.7. The van der Waals surface area contributed by atoms with Crippen LogP contribution in [0.25, 0.3) is 0 Å². The van der Waals surface area contributed by atoms with Crippen LogP contribution >= 0.6 is 0 Å². The molecule has 7 heteroatoms. The van der Waals surface area contributed by atoms with Crippen molar-refractivity contribution < 1.29 is 24.5 Å². The van der Waals surface area contributed by atoms with Crippen molar-refractivity contribution in [2.45, 2.75) is 18.8 Å². The molecule has 2 atom stereocenters. The fourth-order valence-corrected chi connectivity index (χ4v) is 2.23. The van der Waals surface area contributed by atoms with Crippen LogP contribution in [0.15, 0.2) is 48.5 Å². The molecule has 0 heterocycles. The normalized spacial score (nSPS) is 12.9. The number of carbonyl (C=O) groups is 1. The van der Waals surface area contributed by atoms with E-state index >= 15 is 0 Å². The molecule has 0 aromatic heterocycles. The van der Waals surface area contributed by atoms with Crippen molar-refractivity contribution in [1.82, 2.24) is 5.32 Å². The summed E-state index contributed by atoms with van der Waals surface area (Å²) >= 11 is 0. The van der Waals surface area contributed by atoms with Crippen molar-refractivity contribution in [3.63, 3.8) is 0 Å². The lowest BCUT2D eigenvalue weighted by molar-refractivity contribution is 0.0184. The SMILES string of the molecule is COc1ccc(C(O)C(O)CNC(=O)OCc2ccccc2)cc1N. The molecule has 0 fully saturated rings. The molecule has 0 saturated heterocycles. The van der Waals surface area contributed by atoms with Crippen LogP contribution < -0.4 is 15.8 Å². The molecule has 0 aliphatic heterocycles. The van der Waals surface area contributed by atoms with Gasteiger partial charge in [0.05, 0.1) is 12.8 Å². The van der Waals surface area contributed by atoms with Crippen LogP contribution in [-0.4, -0.2) is 36.1 Å². The van der Waals surface area contributed by atoms with Gasteiger partial charge in [0.15, 0.2) is 0 Å². The number of amides is 1. The molecule has 0 aliphatic carbocycles. The molecule has 0 radical (unpaired) electrons. The molecule has 2 unspecified atom stereocenters. The Bertz CT molecular complexity index is 693. The van der Waals surface area contributed by atoms with E-state index in [9.17, 15) is 15.0 Å². The highest BCUT2D eigenvalue weighted by atomic mass is 16.5. The van der Waals surface area contributed by atoms with Crippen molar-refractivity contribution in [2.24, 2.45) is 0 Å². The Balaban J connectivity index is 1.81. The minimum atomic E-state index is -1.21. The summed E-state index contributed by atoms with van der Waals surface area (Å²) in [7, 11) is 1.49. The van der Waals surface area contributed by atoms with Crippen molar-refractivity contribution >= 4 is 11.8 Å². The van der Waals surface area contributed by atoms with Gasteiger partial charge in [-0.3, -0.25) is 0 Å². The van der Waals surface area contributed by atoms with Crippen LogP contribution in [0.5, 0.6) is 5.75 Å². The number of benzene rings is 2. The van der Waals surface area contributed by atoms with Gasteiger partial charge in [-0.05, 0) is 23.3 Å². The Morgan fingerprint density at radius 3 is 2.56 bits per heavy atom. The highest BCUT2D eigenvalue weighted by Gasteiger charge is 2.20. The first-order chi connectivity index (χ1) is 12.0. The van der Waals surface area contributed by atoms with Crippen LogP contribution in [-0.2, 0) is 11.3 Å².